The van der Waals surface area contributed by atoms with Crippen LogP contribution in [0.4, 0.5) is 87.8 Å². The maximum Gasteiger partial charge on any atom is 0.212 e. The van der Waals surface area contributed by atoms with E-state index in [1.54, 1.807) is 0 Å². The minimum atomic E-state index is -7.22. The average Bonchev–Trinajstić information content (AvgIpc) is 3.32. The summed E-state index contributed by atoms with van der Waals surface area (Å²) in [5.74, 6) is -70.8. The molecule has 22 heteroatoms. The summed E-state index contributed by atoms with van der Waals surface area (Å²) in [6, 6.07) is 25.9. The molecule has 0 amide bonds. The molecule has 0 unspecified atom stereocenters. The molecule has 0 aliphatic rings. The molecule has 0 bridgehead atoms. The van der Waals surface area contributed by atoms with Gasteiger partial charge in [0.1, 0.15) is 52.7 Å². The summed E-state index contributed by atoms with van der Waals surface area (Å²) in [6.07, 6.45) is -5.07. The molecule has 1 nitrogen and oxygen atoms in total. The third-order valence-corrected chi connectivity index (χ3v) is 10.7. The van der Waals surface area contributed by atoms with Crippen LogP contribution in [0.5, 0.6) is 0 Å². The Morgan fingerprint density at radius 3 is 0.925 bits per heavy atom. The van der Waals surface area contributed by atoms with Gasteiger partial charge in [0.25, 0.3) is 0 Å². The molecule has 0 aliphatic carbocycles. The monoisotopic (exact) mass is 967 g/mol. The molecule has 7 rings (SSSR count). The highest BCUT2D eigenvalue weighted by atomic mass is 19.2. The van der Waals surface area contributed by atoms with Crippen LogP contribution in [-0.2, 0) is 6.54 Å². The lowest BCUT2D eigenvalue weighted by Crippen LogP contribution is -2.81. The second kappa shape index (κ2) is 18.8. The number of nitrogens with zero attached hydrogens (tertiary/aromatic N) is 1. The first kappa shape index (κ1) is 49.6. The van der Waals surface area contributed by atoms with Gasteiger partial charge in [-0.25, -0.2) is 87.8 Å². The summed E-state index contributed by atoms with van der Waals surface area (Å²) in [5, 5.41) is 0. The van der Waals surface area contributed by atoms with Gasteiger partial charge in [-0.2, -0.15) is 4.57 Å². The maximum absolute atomic E-state index is 15.4. The number of aromatic nitrogens is 1. The molecule has 0 saturated heterocycles. The molecular weight excluding hydrogens is 945 g/mol. The zero-order valence-electron chi connectivity index (χ0n) is 33.4. The van der Waals surface area contributed by atoms with Gasteiger partial charge in [-0.05, 0) is 29.7 Å². The van der Waals surface area contributed by atoms with Gasteiger partial charge in [-0.1, -0.05) is 56.3 Å². The van der Waals surface area contributed by atoms with Crippen molar-refractivity contribution >= 4 is 28.0 Å². The van der Waals surface area contributed by atoms with Gasteiger partial charge < -0.3 is 0 Å². The van der Waals surface area contributed by atoms with Gasteiger partial charge in [-0.3, -0.25) is 0 Å². The van der Waals surface area contributed by atoms with Crippen molar-refractivity contribution < 1.29 is 92.4 Å². The fraction of sp³-hybridized carbons (Fsp3) is 0.0889. The Kier molecular flexibility index (Phi) is 13.9. The van der Waals surface area contributed by atoms with Gasteiger partial charge >= 0.3 is 0 Å². The molecule has 1 aromatic heterocycles. The van der Waals surface area contributed by atoms with Gasteiger partial charge in [0.05, 0.1) is 0 Å². The van der Waals surface area contributed by atoms with Crippen molar-refractivity contribution in [3.05, 3.63) is 206 Å². The summed E-state index contributed by atoms with van der Waals surface area (Å²) in [4.78, 5) is 0. The van der Waals surface area contributed by atoms with E-state index in [1.807, 2.05) is 0 Å². The lowest BCUT2D eigenvalue weighted by Gasteiger charge is -2.44. The molecule has 0 atom stereocenters. The van der Waals surface area contributed by atoms with Crippen molar-refractivity contribution in [2.24, 2.45) is 0 Å². The van der Waals surface area contributed by atoms with Crippen LogP contribution in [0, 0.1) is 116 Å². The molecule has 0 aliphatic heterocycles. The average molecular weight is 967 g/mol. The number of benzene rings is 6. The predicted molar refractivity (Wildman–Crippen MR) is 201 cm³/mol. The van der Waals surface area contributed by atoms with Crippen molar-refractivity contribution in [2.45, 2.75) is 26.3 Å². The molecule has 350 valence electrons. The SMILES string of the molecule is CC(C)c1ccc(-c2cccc[n+]2Cc2ccccc2)cc1.Fc1c(F)c(F)c([B-](c2c(F)c(F)c(F)c(F)c2F)(c2c(F)c(F)c(F)c(F)c2F)c2c(F)c(F)c(F)c(F)c2F)c(F)c1F. The smallest absolute Gasteiger partial charge is 0.207 e. The molecule has 0 saturated carbocycles. The normalized spacial score (nSPS) is 11.6. The Morgan fingerprint density at radius 1 is 0.343 bits per heavy atom. The molecule has 7 aromatic rings. The van der Waals surface area contributed by atoms with E-state index in [-0.39, 0.29) is 0 Å². The molecule has 6 aromatic carbocycles. The molecule has 0 fully saturated rings. The van der Waals surface area contributed by atoms with Crippen molar-refractivity contribution in [2.75, 3.05) is 0 Å². The third-order valence-electron chi connectivity index (χ3n) is 10.7. The van der Waals surface area contributed by atoms with Crippen LogP contribution < -0.4 is 26.4 Å². The van der Waals surface area contributed by atoms with Crippen LogP contribution >= 0.6 is 0 Å². The number of pyridine rings is 1. The largest absolute Gasteiger partial charge is 0.212 e. The van der Waals surface area contributed by atoms with E-state index in [4.69, 9.17) is 0 Å². The summed E-state index contributed by atoms with van der Waals surface area (Å²) >= 11 is 0. The van der Waals surface area contributed by atoms with Gasteiger partial charge in [0.15, 0.2) is 82.5 Å². The Balaban J connectivity index is 0.000000279. The molecule has 0 radical (unpaired) electrons. The zero-order valence-corrected chi connectivity index (χ0v) is 33.4. The standard InChI is InChI=1S/C24BF20.C21H22N/c26-5-1(6(27)14(35)21(42)13(5)34)25(2-7(28)15(36)22(43)16(37)8(2)29,3-9(30)17(38)23(44)18(39)10(3)31)4-11(32)19(40)24(45)20(41)12(4)33;1-17(2)19-11-13-20(14-12-19)21-10-6-7-15-22(21)16-18-8-4-3-5-9-18/h;3-15,17H,16H2,1-2H3/q-1;+1. The highest BCUT2D eigenvalue weighted by molar-refractivity contribution is 7.20. The van der Waals surface area contributed by atoms with Crippen molar-refractivity contribution in [1.29, 1.82) is 0 Å². The maximum atomic E-state index is 15.4. The molecule has 1 heterocycles. The van der Waals surface area contributed by atoms with E-state index in [0.29, 0.717) is 5.92 Å². The first-order valence-electron chi connectivity index (χ1n) is 18.8. The van der Waals surface area contributed by atoms with Crippen molar-refractivity contribution in [1.82, 2.24) is 0 Å². The second-order valence-corrected chi connectivity index (χ2v) is 14.8. The van der Waals surface area contributed by atoms with Crippen LogP contribution in [0.15, 0.2) is 79.0 Å². The fourth-order valence-corrected chi connectivity index (χ4v) is 7.57. The summed E-state index contributed by atoms with van der Waals surface area (Å²) < 4.78 is 296. The van der Waals surface area contributed by atoms with E-state index in [1.165, 1.54) is 22.4 Å². The zero-order chi connectivity index (χ0) is 49.7. The summed E-state index contributed by atoms with van der Waals surface area (Å²) in [7, 11) is 0. The number of hydrogen-bond acceptors (Lipinski definition) is 0. The highest BCUT2D eigenvalue weighted by Gasteiger charge is 2.52. The number of hydrogen-bond donors (Lipinski definition) is 0. The van der Waals surface area contributed by atoms with Crippen LogP contribution in [0.2, 0.25) is 0 Å². The number of halogens is 20. The predicted octanol–water partition coefficient (Wildman–Crippen LogP) is 10.7. The highest BCUT2D eigenvalue weighted by Crippen LogP contribution is 2.31. The molecule has 0 N–H and O–H groups in total. The van der Waals surface area contributed by atoms with E-state index in [2.05, 4.69) is 97.4 Å². The quantitative estimate of drug-likeness (QED) is 0.0470. The molecule has 0 spiro atoms. The Morgan fingerprint density at radius 2 is 0.627 bits per heavy atom. The number of rotatable bonds is 8. The van der Waals surface area contributed by atoms with Crippen LogP contribution in [0.3, 0.4) is 0 Å². The minimum absolute atomic E-state index is 0.571. The Labute approximate surface area is 364 Å². The van der Waals surface area contributed by atoms with Gasteiger partial charge in [0.2, 0.25) is 5.69 Å². The first-order chi connectivity index (χ1) is 31.4. The van der Waals surface area contributed by atoms with Crippen LogP contribution in [-0.4, -0.2) is 6.15 Å². The summed E-state index contributed by atoms with van der Waals surface area (Å²) in [6.45, 7) is 5.35. The molecule has 67 heavy (non-hydrogen) atoms. The topological polar surface area (TPSA) is 3.88 Å². The Hall–Kier alpha value is -6.87. The van der Waals surface area contributed by atoms with Crippen molar-refractivity contribution in [3.63, 3.8) is 0 Å². The lowest BCUT2D eigenvalue weighted by atomic mass is 9.12. The minimum Gasteiger partial charge on any atom is -0.207 e. The second-order valence-electron chi connectivity index (χ2n) is 14.8. The fourth-order valence-electron chi connectivity index (χ4n) is 7.57. The van der Waals surface area contributed by atoms with Crippen LogP contribution in [0.25, 0.3) is 11.3 Å². The first-order valence-corrected chi connectivity index (χ1v) is 18.8. The van der Waals surface area contributed by atoms with E-state index in [9.17, 15) is 52.7 Å². The van der Waals surface area contributed by atoms with Gasteiger partial charge in [0, 0.05) is 23.3 Å². The van der Waals surface area contributed by atoms with Crippen LogP contribution in [0.1, 0.15) is 30.9 Å². The summed E-state index contributed by atoms with van der Waals surface area (Å²) in [5.41, 5.74) is -9.11. The Bertz CT molecular complexity index is 2690. The van der Waals surface area contributed by atoms with Gasteiger partial charge in [-0.15, -0.1) is 21.9 Å². The third kappa shape index (κ3) is 8.13. The van der Waals surface area contributed by atoms with E-state index >= 15 is 35.1 Å². The lowest BCUT2D eigenvalue weighted by molar-refractivity contribution is -0.677. The van der Waals surface area contributed by atoms with E-state index in [0.717, 1.165) is 6.54 Å². The molecular formula is C45H22BF20N. The van der Waals surface area contributed by atoms with Crippen molar-refractivity contribution in [3.8, 4) is 11.3 Å². The van der Waals surface area contributed by atoms with E-state index < -0.39 is 144 Å².